The van der Waals surface area contributed by atoms with Crippen LogP contribution in [0.15, 0.2) is 30.3 Å². The molecule has 3 nitrogen and oxygen atoms in total. The molecule has 1 amide bonds. The Hall–Kier alpha value is -1.35. The van der Waals surface area contributed by atoms with Crippen LogP contribution in [0.5, 0.6) is 0 Å². The van der Waals surface area contributed by atoms with Crippen LogP contribution in [0, 0.1) is 11.3 Å². The van der Waals surface area contributed by atoms with Crippen molar-refractivity contribution < 1.29 is 4.79 Å². The summed E-state index contributed by atoms with van der Waals surface area (Å²) in [5.74, 6) is 0.429. The third-order valence-corrected chi connectivity index (χ3v) is 4.90. The number of carbonyl (C=O) groups excluding carboxylic acids is 1. The second kappa shape index (κ2) is 5.96. The zero-order chi connectivity index (χ0) is 13.8. The summed E-state index contributed by atoms with van der Waals surface area (Å²) in [6.07, 6.45) is 5.86. The van der Waals surface area contributed by atoms with Gasteiger partial charge < -0.3 is 10.6 Å². The van der Waals surface area contributed by atoms with Gasteiger partial charge >= 0.3 is 0 Å². The fourth-order valence-electron chi connectivity index (χ4n) is 3.42. The average Bonchev–Trinajstić information content (AvgIpc) is 2.96. The van der Waals surface area contributed by atoms with Crippen molar-refractivity contribution in [2.75, 3.05) is 19.6 Å². The van der Waals surface area contributed by atoms with Gasteiger partial charge in [0.05, 0.1) is 5.92 Å². The number of hydrogen-bond acceptors (Lipinski definition) is 2. The Balaban J connectivity index is 1.55. The van der Waals surface area contributed by atoms with Crippen molar-refractivity contribution in [1.29, 1.82) is 0 Å². The van der Waals surface area contributed by atoms with Gasteiger partial charge in [-0.1, -0.05) is 36.8 Å². The van der Waals surface area contributed by atoms with Crippen molar-refractivity contribution in [3.8, 4) is 0 Å². The van der Waals surface area contributed by atoms with Gasteiger partial charge in [-0.15, -0.1) is 0 Å². The minimum absolute atomic E-state index is 0.184. The molecule has 1 saturated heterocycles. The largest absolute Gasteiger partial charge is 0.355 e. The van der Waals surface area contributed by atoms with E-state index in [4.69, 9.17) is 0 Å². The molecule has 2 N–H and O–H groups in total. The van der Waals surface area contributed by atoms with E-state index in [1.807, 2.05) is 0 Å². The van der Waals surface area contributed by atoms with Crippen LogP contribution in [0.4, 0.5) is 0 Å². The van der Waals surface area contributed by atoms with Crippen molar-refractivity contribution in [2.24, 2.45) is 11.3 Å². The molecule has 1 saturated carbocycles. The maximum absolute atomic E-state index is 12.1. The Morgan fingerprint density at radius 1 is 1.30 bits per heavy atom. The van der Waals surface area contributed by atoms with Crippen molar-refractivity contribution in [2.45, 2.75) is 32.1 Å². The Kier molecular flexibility index (Phi) is 4.06. The molecule has 20 heavy (non-hydrogen) atoms. The van der Waals surface area contributed by atoms with Gasteiger partial charge in [-0.2, -0.15) is 0 Å². The first-order valence-corrected chi connectivity index (χ1v) is 7.80. The third kappa shape index (κ3) is 3.04. The van der Waals surface area contributed by atoms with Crippen LogP contribution in [0.3, 0.4) is 0 Å². The molecule has 0 spiro atoms. The monoisotopic (exact) mass is 272 g/mol. The van der Waals surface area contributed by atoms with E-state index in [0.717, 1.165) is 32.5 Å². The van der Waals surface area contributed by atoms with Gasteiger partial charge in [0.1, 0.15) is 0 Å². The van der Waals surface area contributed by atoms with Crippen molar-refractivity contribution in [3.05, 3.63) is 35.9 Å². The lowest BCUT2D eigenvalue weighted by atomic mass is 9.65. The minimum atomic E-state index is 0.184. The molecule has 3 rings (SSSR count). The fraction of sp³-hybridized carbons (Fsp3) is 0.588. The molecule has 2 fully saturated rings. The minimum Gasteiger partial charge on any atom is -0.355 e. The van der Waals surface area contributed by atoms with E-state index >= 15 is 0 Å². The first kappa shape index (κ1) is 13.6. The lowest BCUT2D eigenvalue weighted by Gasteiger charge is -2.42. The summed E-state index contributed by atoms with van der Waals surface area (Å²) in [6.45, 7) is 2.67. The van der Waals surface area contributed by atoms with Gasteiger partial charge in [-0.25, -0.2) is 0 Å². The van der Waals surface area contributed by atoms with Crippen molar-refractivity contribution in [3.63, 3.8) is 0 Å². The Bertz CT molecular complexity index is 447. The fourth-order valence-corrected chi connectivity index (χ4v) is 3.42. The zero-order valence-electron chi connectivity index (χ0n) is 12.0. The van der Waals surface area contributed by atoms with Crippen molar-refractivity contribution in [1.82, 2.24) is 10.6 Å². The molecule has 1 atom stereocenters. The lowest BCUT2D eigenvalue weighted by molar-refractivity contribution is -0.125. The summed E-state index contributed by atoms with van der Waals surface area (Å²) >= 11 is 0. The van der Waals surface area contributed by atoms with Gasteiger partial charge in [0.2, 0.25) is 5.91 Å². The smallest absolute Gasteiger partial charge is 0.224 e. The number of amides is 1. The molecule has 2 aliphatic rings. The Labute approximate surface area is 121 Å². The standard InChI is InChI=1S/C17H24N2O/c20-16(15-7-10-18-12-15)19-13-17(8-4-9-17)11-14-5-2-1-3-6-14/h1-3,5-6,15,18H,4,7-13H2,(H,19,20). The molecule has 1 unspecified atom stereocenters. The highest BCUT2D eigenvalue weighted by Crippen LogP contribution is 2.43. The number of nitrogens with one attached hydrogen (secondary N) is 2. The van der Waals surface area contributed by atoms with Crippen LogP contribution in [0.2, 0.25) is 0 Å². The zero-order valence-corrected chi connectivity index (χ0v) is 12.0. The quantitative estimate of drug-likeness (QED) is 0.862. The summed E-state index contributed by atoms with van der Waals surface area (Å²) in [5, 5.41) is 6.47. The molecule has 1 aromatic rings. The van der Waals surface area contributed by atoms with E-state index in [9.17, 15) is 4.79 Å². The Morgan fingerprint density at radius 2 is 2.10 bits per heavy atom. The van der Waals surface area contributed by atoms with Crippen LogP contribution in [0.1, 0.15) is 31.2 Å². The molecule has 0 aromatic heterocycles. The van der Waals surface area contributed by atoms with Crippen LogP contribution in [-0.4, -0.2) is 25.5 Å². The molecular weight excluding hydrogens is 248 g/mol. The summed E-state index contributed by atoms with van der Waals surface area (Å²) < 4.78 is 0. The van der Waals surface area contributed by atoms with Gasteiger partial charge in [-0.05, 0) is 43.2 Å². The predicted molar refractivity (Wildman–Crippen MR) is 80.4 cm³/mol. The second-order valence-corrected chi connectivity index (χ2v) is 6.42. The normalized spacial score (nSPS) is 24.1. The third-order valence-electron chi connectivity index (χ3n) is 4.90. The van der Waals surface area contributed by atoms with E-state index in [-0.39, 0.29) is 11.8 Å². The summed E-state index contributed by atoms with van der Waals surface area (Å²) in [6, 6.07) is 10.7. The second-order valence-electron chi connectivity index (χ2n) is 6.42. The molecule has 1 aromatic carbocycles. The highest BCUT2D eigenvalue weighted by molar-refractivity contribution is 5.79. The van der Waals surface area contributed by atoms with Crippen LogP contribution in [-0.2, 0) is 11.2 Å². The molecule has 1 aliphatic carbocycles. The SMILES string of the molecule is O=C(NCC1(Cc2ccccc2)CCC1)C1CCNC1. The topological polar surface area (TPSA) is 41.1 Å². The molecular formula is C17H24N2O. The van der Waals surface area contributed by atoms with E-state index in [0.29, 0.717) is 5.41 Å². The van der Waals surface area contributed by atoms with Gasteiger partial charge in [0.25, 0.3) is 0 Å². The van der Waals surface area contributed by atoms with Crippen LogP contribution >= 0.6 is 0 Å². The van der Waals surface area contributed by atoms with Gasteiger partial charge in [0.15, 0.2) is 0 Å². The summed E-state index contributed by atoms with van der Waals surface area (Å²) in [5.41, 5.74) is 1.70. The molecule has 3 heteroatoms. The van der Waals surface area contributed by atoms with Gasteiger partial charge in [-0.3, -0.25) is 4.79 Å². The molecule has 108 valence electrons. The van der Waals surface area contributed by atoms with Crippen LogP contribution < -0.4 is 10.6 Å². The highest BCUT2D eigenvalue weighted by atomic mass is 16.1. The van der Waals surface area contributed by atoms with E-state index in [1.54, 1.807) is 0 Å². The van der Waals surface area contributed by atoms with Crippen LogP contribution in [0.25, 0.3) is 0 Å². The molecule has 0 radical (unpaired) electrons. The number of carbonyl (C=O) groups is 1. The Morgan fingerprint density at radius 3 is 2.70 bits per heavy atom. The van der Waals surface area contributed by atoms with Gasteiger partial charge in [0, 0.05) is 13.1 Å². The number of benzene rings is 1. The maximum Gasteiger partial charge on any atom is 0.224 e. The predicted octanol–water partition coefficient (Wildman–Crippen LogP) is 2.13. The number of rotatable bonds is 5. The average molecular weight is 272 g/mol. The highest BCUT2D eigenvalue weighted by Gasteiger charge is 2.37. The molecule has 1 aliphatic heterocycles. The first-order chi connectivity index (χ1) is 9.77. The summed E-state index contributed by atoms with van der Waals surface area (Å²) in [7, 11) is 0. The number of hydrogen-bond donors (Lipinski definition) is 2. The van der Waals surface area contributed by atoms with E-state index in [2.05, 4.69) is 41.0 Å². The van der Waals surface area contributed by atoms with Crippen molar-refractivity contribution >= 4 is 5.91 Å². The molecule has 0 bridgehead atoms. The summed E-state index contributed by atoms with van der Waals surface area (Å²) in [4.78, 5) is 12.1. The maximum atomic E-state index is 12.1. The van der Waals surface area contributed by atoms with E-state index in [1.165, 1.54) is 24.8 Å². The molecule has 1 heterocycles. The first-order valence-electron chi connectivity index (χ1n) is 7.80. The van der Waals surface area contributed by atoms with E-state index < -0.39 is 0 Å². The lowest BCUT2D eigenvalue weighted by Crippen LogP contribution is -2.45.